The molecule has 0 unspecified atom stereocenters. The van der Waals surface area contributed by atoms with Gasteiger partial charge in [0, 0.05) is 20.4 Å². The summed E-state index contributed by atoms with van der Waals surface area (Å²) in [5.41, 5.74) is 3.00. The van der Waals surface area contributed by atoms with E-state index in [4.69, 9.17) is 12.2 Å². The molecule has 0 aliphatic heterocycles. The highest BCUT2D eigenvalue weighted by Gasteiger charge is 2.09. The van der Waals surface area contributed by atoms with Crippen molar-refractivity contribution in [1.82, 2.24) is 5.32 Å². The van der Waals surface area contributed by atoms with Crippen molar-refractivity contribution < 1.29 is 9.59 Å². The van der Waals surface area contributed by atoms with Crippen LogP contribution in [0.5, 0.6) is 0 Å². The lowest BCUT2D eigenvalue weighted by atomic mass is 10.1. The van der Waals surface area contributed by atoms with Crippen LogP contribution >= 0.6 is 34.8 Å². The molecule has 0 heterocycles. The van der Waals surface area contributed by atoms with Gasteiger partial charge in [-0.15, -0.1) is 0 Å². The molecule has 0 saturated carbocycles. The van der Waals surface area contributed by atoms with Crippen molar-refractivity contribution in [3.8, 4) is 0 Å². The topological polar surface area (TPSA) is 58.2 Å². The molecule has 6 heteroatoms. The molecule has 2 aromatic carbocycles. The van der Waals surface area contributed by atoms with Crippen molar-refractivity contribution in [3.63, 3.8) is 0 Å². The number of thiocarbonyl (C=S) groups is 1. The standard InChI is InChI=1S/C17H15IN2O2S/c1-10-3-4-13(9-15(10)18)16(22)20-17(23)19-14-7-5-12(6-8-14)11(2)21/h3-9H,1-2H3,(H2,19,20,22,23). The van der Waals surface area contributed by atoms with E-state index in [0.29, 0.717) is 16.8 Å². The van der Waals surface area contributed by atoms with Gasteiger partial charge in [-0.1, -0.05) is 6.07 Å². The first kappa shape index (κ1) is 17.6. The number of benzene rings is 2. The normalized spacial score (nSPS) is 10.0. The zero-order chi connectivity index (χ0) is 17.0. The summed E-state index contributed by atoms with van der Waals surface area (Å²) in [5.74, 6) is -0.262. The summed E-state index contributed by atoms with van der Waals surface area (Å²) in [4.78, 5) is 23.4. The van der Waals surface area contributed by atoms with Gasteiger partial charge in [-0.2, -0.15) is 0 Å². The van der Waals surface area contributed by atoms with E-state index in [0.717, 1.165) is 9.13 Å². The Hall–Kier alpha value is -1.80. The summed E-state index contributed by atoms with van der Waals surface area (Å²) in [7, 11) is 0. The van der Waals surface area contributed by atoms with Gasteiger partial charge in [0.25, 0.3) is 5.91 Å². The minimum atomic E-state index is -0.263. The Morgan fingerprint density at radius 2 is 1.65 bits per heavy atom. The predicted octanol–water partition coefficient (Wildman–Crippen LogP) is 3.93. The molecular weight excluding hydrogens is 423 g/mol. The molecule has 0 aliphatic carbocycles. The van der Waals surface area contributed by atoms with Crippen molar-refractivity contribution in [2.45, 2.75) is 13.8 Å². The predicted molar refractivity (Wildman–Crippen MR) is 104 cm³/mol. The second kappa shape index (κ2) is 7.65. The maximum absolute atomic E-state index is 12.2. The van der Waals surface area contributed by atoms with Gasteiger partial charge in [0.1, 0.15) is 0 Å². The second-order valence-corrected chi connectivity index (χ2v) is 6.58. The van der Waals surface area contributed by atoms with Crippen LogP contribution in [0, 0.1) is 10.5 Å². The summed E-state index contributed by atoms with van der Waals surface area (Å²) in [6, 6.07) is 12.4. The summed E-state index contributed by atoms with van der Waals surface area (Å²) in [5, 5.41) is 5.77. The van der Waals surface area contributed by atoms with E-state index in [2.05, 4.69) is 33.2 Å². The van der Waals surface area contributed by atoms with Gasteiger partial charge in [-0.05, 0) is 90.6 Å². The van der Waals surface area contributed by atoms with Crippen molar-refractivity contribution in [2.24, 2.45) is 0 Å². The van der Waals surface area contributed by atoms with Gasteiger partial charge >= 0.3 is 0 Å². The molecule has 4 nitrogen and oxygen atoms in total. The van der Waals surface area contributed by atoms with Gasteiger partial charge in [-0.3, -0.25) is 14.9 Å². The monoisotopic (exact) mass is 438 g/mol. The fourth-order valence-corrected chi connectivity index (χ4v) is 2.59. The number of hydrogen-bond acceptors (Lipinski definition) is 3. The second-order valence-electron chi connectivity index (χ2n) is 5.01. The van der Waals surface area contributed by atoms with E-state index in [1.165, 1.54) is 6.92 Å². The van der Waals surface area contributed by atoms with E-state index >= 15 is 0 Å². The van der Waals surface area contributed by atoms with Gasteiger partial charge in [-0.25, -0.2) is 0 Å². The van der Waals surface area contributed by atoms with E-state index in [1.54, 1.807) is 30.3 Å². The zero-order valence-corrected chi connectivity index (χ0v) is 15.6. The number of hydrogen-bond donors (Lipinski definition) is 2. The molecule has 2 aromatic rings. The van der Waals surface area contributed by atoms with Crippen molar-refractivity contribution in [1.29, 1.82) is 0 Å². The number of amides is 1. The third-order valence-corrected chi connectivity index (χ3v) is 4.58. The lowest BCUT2D eigenvalue weighted by molar-refractivity contribution is 0.0976. The smallest absolute Gasteiger partial charge is 0.257 e. The molecule has 118 valence electrons. The number of ketones is 1. The van der Waals surface area contributed by atoms with E-state index in [1.807, 2.05) is 19.1 Å². The molecule has 0 spiro atoms. The molecule has 0 saturated heterocycles. The first-order chi connectivity index (χ1) is 10.9. The number of nitrogens with one attached hydrogen (secondary N) is 2. The van der Waals surface area contributed by atoms with Crippen LogP contribution < -0.4 is 10.6 Å². The van der Waals surface area contributed by atoms with Crippen molar-refractivity contribution in [2.75, 3.05) is 5.32 Å². The molecule has 0 radical (unpaired) electrons. The minimum absolute atomic E-state index is 0.00130. The maximum Gasteiger partial charge on any atom is 0.257 e. The SMILES string of the molecule is CC(=O)c1ccc(NC(=S)NC(=O)c2ccc(C)c(I)c2)cc1. The fourth-order valence-electron chi connectivity index (χ4n) is 1.86. The average molecular weight is 438 g/mol. The molecule has 0 atom stereocenters. The van der Waals surface area contributed by atoms with Gasteiger partial charge < -0.3 is 5.32 Å². The molecule has 2 N–H and O–H groups in total. The fraction of sp³-hybridized carbons (Fsp3) is 0.118. The molecule has 23 heavy (non-hydrogen) atoms. The summed E-state index contributed by atoms with van der Waals surface area (Å²) < 4.78 is 1.02. The van der Waals surface area contributed by atoms with Crippen LogP contribution in [0.15, 0.2) is 42.5 Å². The quantitative estimate of drug-likeness (QED) is 0.433. The Morgan fingerprint density at radius 1 is 1.04 bits per heavy atom. The number of anilines is 1. The number of rotatable bonds is 3. The van der Waals surface area contributed by atoms with Crippen LogP contribution in [0.25, 0.3) is 0 Å². The Bertz CT molecular complexity index is 773. The van der Waals surface area contributed by atoms with Crippen LogP contribution in [0.4, 0.5) is 5.69 Å². The number of aryl methyl sites for hydroxylation is 1. The highest BCUT2D eigenvalue weighted by molar-refractivity contribution is 14.1. The number of Topliss-reactive ketones (excluding diaryl/α,β-unsaturated/α-hetero) is 1. The Morgan fingerprint density at radius 3 is 2.22 bits per heavy atom. The zero-order valence-electron chi connectivity index (χ0n) is 12.6. The number of halogens is 1. The molecule has 0 aliphatic rings. The molecular formula is C17H15IN2O2S. The first-order valence-electron chi connectivity index (χ1n) is 6.86. The van der Waals surface area contributed by atoms with Crippen LogP contribution in [-0.4, -0.2) is 16.8 Å². The number of carbonyl (C=O) groups excluding carboxylic acids is 2. The largest absolute Gasteiger partial charge is 0.332 e. The summed E-state index contributed by atoms with van der Waals surface area (Å²) in [6.45, 7) is 3.50. The minimum Gasteiger partial charge on any atom is -0.332 e. The summed E-state index contributed by atoms with van der Waals surface area (Å²) in [6.07, 6.45) is 0. The van der Waals surface area contributed by atoms with Crippen LogP contribution in [0.1, 0.15) is 33.2 Å². The highest BCUT2D eigenvalue weighted by atomic mass is 127. The highest BCUT2D eigenvalue weighted by Crippen LogP contribution is 2.14. The van der Waals surface area contributed by atoms with Crippen LogP contribution in [-0.2, 0) is 0 Å². The average Bonchev–Trinajstić information content (AvgIpc) is 2.50. The molecule has 2 rings (SSSR count). The van der Waals surface area contributed by atoms with E-state index < -0.39 is 0 Å². The number of carbonyl (C=O) groups is 2. The maximum atomic E-state index is 12.2. The van der Waals surface area contributed by atoms with Gasteiger partial charge in [0.05, 0.1) is 0 Å². The van der Waals surface area contributed by atoms with Gasteiger partial charge in [0.15, 0.2) is 10.9 Å². The van der Waals surface area contributed by atoms with Crippen molar-refractivity contribution in [3.05, 3.63) is 62.7 Å². The first-order valence-corrected chi connectivity index (χ1v) is 8.35. The van der Waals surface area contributed by atoms with E-state index in [9.17, 15) is 9.59 Å². The molecule has 0 aromatic heterocycles. The van der Waals surface area contributed by atoms with Crippen molar-refractivity contribution >= 4 is 57.3 Å². The molecule has 0 bridgehead atoms. The molecule has 0 fully saturated rings. The van der Waals surface area contributed by atoms with Crippen LogP contribution in [0.3, 0.4) is 0 Å². The Kier molecular flexibility index (Phi) is 5.84. The third-order valence-electron chi connectivity index (χ3n) is 3.21. The Balaban J connectivity index is 1.99. The third kappa shape index (κ3) is 4.84. The molecule has 1 amide bonds. The van der Waals surface area contributed by atoms with Crippen LogP contribution in [0.2, 0.25) is 0 Å². The van der Waals surface area contributed by atoms with E-state index in [-0.39, 0.29) is 16.8 Å². The Labute approximate surface area is 153 Å². The lowest BCUT2D eigenvalue weighted by Crippen LogP contribution is -2.34. The lowest BCUT2D eigenvalue weighted by Gasteiger charge is -2.10. The summed E-state index contributed by atoms with van der Waals surface area (Å²) >= 11 is 7.33. The van der Waals surface area contributed by atoms with Gasteiger partial charge in [0.2, 0.25) is 0 Å².